The Kier molecular flexibility index (Phi) is 4.97. The van der Waals surface area contributed by atoms with E-state index in [1.54, 1.807) is 7.11 Å². The van der Waals surface area contributed by atoms with Gasteiger partial charge in [0.25, 0.3) is 0 Å². The van der Waals surface area contributed by atoms with Crippen LogP contribution in [0.4, 0.5) is 0 Å². The van der Waals surface area contributed by atoms with Crippen molar-refractivity contribution in [2.75, 3.05) is 7.11 Å². The molecule has 0 aliphatic heterocycles. The Bertz CT molecular complexity index is 377. The molecule has 4 heteroatoms. The molecule has 0 fully saturated rings. The summed E-state index contributed by atoms with van der Waals surface area (Å²) in [7, 11) is 1.62. The summed E-state index contributed by atoms with van der Waals surface area (Å²) >= 11 is 0. The molecule has 0 saturated heterocycles. The number of ether oxygens (including phenoxy) is 1. The van der Waals surface area contributed by atoms with E-state index >= 15 is 0 Å². The van der Waals surface area contributed by atoms with E-state index in [2.05, 4.69) is 5.32 Å². The van der Waals surface area contributed by atoms with Gasteiger partial charge in [0, 0.05) is 12.5 Å². The first-order chi connectivity index (χ1) is 8.02. The molecule has 1 rings (SSSR count). The Labute approximate surface area is 102 Å². The van der Waals surface area contributed by atoms with Gasteiger partial charge in [-0.3, -0.25) is 4.79 Å². The molecule has 0 aromatic heterocycles. The highest BCUT2D eigenvalue weighted by atomic mass is 16.5. The van der Waals surface area contributed by atoms with Gasteiger partial charge in [0.1, 0.15) is 5.75 Å². The molecule has 0 bridgehead atoms. The number of hydrogen-bond donors (Lipinski definition) is 2. The van der Waals surface area contributed by atoms with Crippen LogP contribution in [0.3, 0.4) is 0 Å². The van der Waals surface area contributed by atoms with E-state index < -0.39 is 0 Å². The quantitative estimate of drug-likeness (QED) is 0.816. The molecule has 17 heavy (non-hydrogen) atoms. The number of benzene rings is 1. The second kappa shape index (κ2) is 6.25. The fourth-order valence-electron chi connectivity index (χ4n) is 1.59. The molecule has 0 spiro atoms. The van der Waals surface area contributed by atoms with Crippen molar-refractivity contribution in [1.29, 1.82) is 0 Å². The highest BCUT2D eigenvalue weighted by molar-refractivity contribution is 5.77. The number of carbonyl (C=O) groups is 1. The van der Waals surface area contributed by atoms with Gasteiger partial charge in [-0.15, -0.1) is 0 Å². The van der Waals surface area contributed by atoms with Gasteiger partial charge in [0.2, 0.25) is 5.91 Å². The third-order valence-electron chi connectivity index (χ3n) is 2.48. The van der Waals surface area contributed by atoms with Crippen molar-refractivity contribution < 1.29 is 9.53 Å². The van der Waals surface area contributed by atoms with Gasteiger partial charge in [-0.2, -0.15) is 0 Å². The topological polar surface area (TPSA) is 64.3 Å². The first-order valence-electron chi connectivity index (χ1n) is 5.72. The van der Waals surface area contributed by atoms with E-state index in [-0.39, 0.29) is 18.0 Å². The van der Waals surface area contributed by atoms with Crippen LogP contribution in [0.1, 0.15) is 31.9 Å². The molecule has 1 aromatic rings. The largest absolute Gasteiger partial charge is 0.497 e. The van der Waals surface area contributed by atoms with Crippen LogP contribution in [-0.4, -0.2) is 19.1 Å². The van der Waals surface area contributed by atoms with Crippen molar-refractivity contribution in [1.82, 2.24) is 5.32 Å². The number of nitrogens with two attached hydrogens (primary N) is 1. The van der Waals surface area contributed by atoms with Crippen LogP contribution in [-0.2, 0) is 4.79 Å². The molecule has 0 aliphatic carbocycles. The summed E-state index contributed by atoms with van der Waals surface area (Å²) in [6.07, 6.45) is 0.342. The monoisotopic (exact) mass is 236 g/mol. The fourth-order valence-corrected chi connectivity index (χ4v) is 1.59. The molecule has 0 heterocycles. The number of amides is 1. The zero-order valence-corrected chi connectivity index (χ0v) is 10.6. The van der Waals surface area contributed by atoms with Crippen molar-refractivity contribution in [3.05, 3.63) is 29.8 Å². The molecular weight excluding hydrogens is 216 g/mol. The zero-order valence-electron chi connectivity index (χ0n) is 10.6. The Hall–Kier alpha value is -1.55. The van der Waals surface area contributed by atoms with E-state index in [4.69, 9.17) is 10.5 Å². The lowest BCUT2D eigenvalue weighted by atomic mass is 10.1. The van der Waals surface area contributed by atoms with Gasteiger partial charge in [0.05, 0.1) is 13.2 Å². The standard InChI is InChI=1S/C13H20N2O2/c1-9(14)7-13(16)15-10(2)11-5-4-6-12(8-11)17-3/h4-6,8-10H,7,14H2,1-3H3,(H,15,16). The highest BCUT2D eigenvalue weighted by Crippen LogP contribution is 2.18. The minimum Gasteiger partial charge on any atom is -0.497 e. The molecule has 94 valence electrons. The maximum Gasteiger partial charge on any atom is 0.222 e. The molecule has 1 aromatic carbocycles. The Morgan fingerprint density at radius 1 is 1.47 bits per heavy atom. The van der Waals surface area contributed by atoms with Crippen LogP contribution in [0.5, 0.6) is 5.75 Å². The molecule has 4 nitrogen and oxygen atoms in total. The Morgan fingerprint density at radius 3 is 2.76 bits per heavy atom. The van der Waals surface area contributed by atoms with Crippen molar-refractivity contribution in [2.45, 2.75) is 32.4 Å². The van der Waals surface area contributed by atoms with E-state index in [0.717, 1.165) is 11.3 Å². The van der Waals surface area contributed by atoms with Gasteiger partial charge in [-0.05, 0) is 31.5 Å². The van der Waals surface area contributed by atoms with E-state index in [1.807, 2.05) is 38.1 Å². The van der Waals surface area contributed by atoms with Crippen molar-refractivity contribution in [3.63, 3.8) is 0 Å². The maximum atomic E-state index is 11.6. The summed E-state index contributed by atoms with van der Waals surface area (Å²) in [5.74, 6) is 0.756. The lowest BCUT2D eigenvalue weighted by Crippen LogP contribution is -2.31. The van der Waals surface area contributed by atoms with E-state index in [1.165, 1.54) is 0 Å². The Balaban J connectivity index is 2.62. The van der Waals surface area contributed by atoms with Gasteiger partial charge in [-0.1, -0.05) is 12.1 Å². The predicted octanol–water partition coefficient (Wildman–Crippen LogP) is 1.61. The predicted molar refractivity (Wildman–Crippen MR) is 67.8 cm³/mol. The smallest absolute Gasteiger partial charge is 0.222 e. The van der Waals surface area contributed by atoms with Crippen molar-refractivity contribution in [3.8, 4) is 5.75 Å². The molecule has 3 N–H and O–H groups in total. The van der Waals surface area contributed by atoms with Crippen LogP contribution in [0, 0.1) is 0 Å². The average Bonchev–Trinajstić information content (AvgIpc) is 2.27. The number of carbonyl (C=O) groups excluding carboxylic acids is 1. The van der Waals surface area contributed by atoms with Crippen LogP contribution in [0.25, 0.3) is 0 Å². The van der Waals surface area contributed by atoms with Crippen LogP contribution in [0.2, 0.25) is 0 Å². The van der Waals surface area contributed by atoms with Crippen LogP contribution >= 0.6 is 0 Å². The number of hydrogen-bond acceptors (Lipinski definition) is 3. The van der Waals surface area contributed by atoms with Crippen molar-refractivity contribution in [2.24, 2.45) is 5.73 Å². The SMILES string of the molecule is COc1cccc(C(C)NC(=O)CC(C)N)c1. The van der Waals surface area contributed by atoms with Gasteiger partial charge in [0.15, 0.2) is 0 Å². The fraction of sp³-hybridized carbons (Fsp3) is 0.462. The molecule has 0 aliphatic rings. The van der Waals surface area contributed by atoms with E-state index in [0.29, 0.717) is 6.42 Å². The van der Waals surface area contributed by atoms with Crippen LogP contribution < -0.4 is 15.8 Å². The summed E-state index contributed by atoms with van der Waals surface area (Å²) in [4.78, 5) is 11.6. The Morgan fingerprint density at radius 2 is 2.18 bits per heavy atom. The maximum absolute atomic E-state index is 11.6. The molecular formula is C13H20N2O2. The second-order valence-electron chi connectivity index (χ2n) is 4.25. The molecule has 0 radical (unpaired) electrons. The summed E-state index contributed by atoms with van der Waals surface area (Å²) in [6, 6.07) is 7.49. The molecule has 2 unspecified atom stereocenters. The summed E-state index contributed by atoms with van der Waals surface area (Å²) in [5.41, 5.74) is 6.59. The third kappa shape index (κ3) is 4.44. The van der Waals surface area contributed by atoms with Gasteiger partial charge < -0.3 is 15.8 Å². The summed E-state index contributed by atoms with van der Waals surface area (Å²) in [5, 5.41) is 2.90. The second-order valence-corrected chi connectivity index (χ2v) is 4.25. The normalized spacial score (nSPS) is 13.9. The van der Waals surface area contributed by atoms with Crippen LogP contribution in [0.15, 0.2) is 24.3 Å². The zero-order chi connectivity index (χ0) is 12.8. The lowest BCUT2D eigenvalue weighted by Gasteiger charge is -2.16. The molecule has 0 saturated carbocycles. The number of methoxy groups -OCH3 is 1. The van der Waals surface area contributed by atoms with Gasteiger partial charge in [-0.25, -0.2) is 0 Å². The lowest BCUT2D eigenvalue weighted by molar-refractivity contribution is -0.122. The molecule has 2 atom stereocenters. The highest BCUT2D eigenvalue weighted by Gasteiger charge is 2.11. The first-order valence-corrected chi connectivity index (χ1v) is 5.72. The summed E-state index contributed by atoms with van der Waals surface area (Å²) in [6.45, 7) is 3.75. The number of rotatable bonds is 5. The summed E-state index contributed by atoms with van der Waals surface area (Å²) < 4.78 is 5.14. The minimum absolute atomic E-state index is 0.0321. The minimum atomic E-state index is -0.118. The third-order valence-corrected chi connectivity index (χ3v) is 2.48. The number of nitrogens with one attached hydrogen (secondary N) is 1. The van der Waals surface area contributed by atoms with Gasteiger partial charge >= 0.3 is 0 Å². The van der Waals surface area contributed by atoms with E-state index in [9.17, 15) is 4.79 Å². The average molecular weight is 236 g/mol. The van der Waals surface area contributed by atoms with Crippen molar-refractivity contribution >= 4 is 5.91 Å². The molecule has 1 amide bonds. The first kappa shape index (κ1) is 13.5.